The summed E-state index contributed by atoms with van der Waals surface area (Å²) in [7, 11) is 1.58. The van der Waals surface area contributed by atoms with E-state index in [-0.39, 0.29) is 23.8 Å². The standard InChI is InChI=1S/C10H11NO2.C6H8O2/c1-13-10-5-7-3-2-4-9(12)8(7)6-11-10;7-5-2-1-3-6(8)4-5/h5-6H,2-4H2,1H3;1-4H2. The molecule has 0 radical (unpaired) electrons. The van der Waals surface area contributed by atoms with Crippen LogP contribution in [0.5, 0.6) is 5.88 Å². The number of hydrogen-bond donors (Lipinski definition) is 0. The molecule has 1 saturated carbocycles. The summed E-state index contributed by atoms with van der Waals surface area (Å²) in [6.07, 6.45) is 6.38. The summed E-state index contributed by atoms with van der Waals surface area (Å²) in [5.41, 5.74) is 1.84. The van der Waals surface area contributed by atoms with Gasteiger partial charge in [-0.25, -0.2) is 4.98 Å². The van der Waals surface area contributed by atoms with Crippen LogP contribution in [-0.2, 0) is 16.0 Å². The van der Waals surface area contributed by atoms with Crippen LogP contribution in [0.15, 0.2) is 12.3 Å². The largest absolute Gasteiger partial charge is 0.481 e. The topological polar surface area (TPSA) is 73.3 Å². The van der Waals surface area contributed by atoms with E-state index in [2.05, 4.69) is 4.98 Å². The Hall–Kier alpha value is -2.04. The first-order valence-electron chi connectivity index (χ1n) is 7.19. The lowest BCUT2D eigenvalue weighted by atomic mass is 9.92. The zero-order valence-corrected chi connectivity index (χ0v) is 12.2. The Bertz CT molecular complexity index is 551. The molecule has 21 heavy (non-hydrogen) atoms. The van der Waals surface area contributed by atoms with Crippen molar-refractivity contribution in [2.24, 2.45) is 0 Å². The number of Topliss-reactive ketones (excluding diaryl/α,β-unsaturated/α-hetero) is 3. The molecule has 1 fully saturated rings. The summed E-state index contributed by atoms with van der Waals surface area (Å²) < 4.78 is 4.99. The molecule has 5 heteroatoms. The van der Waals surface area contributed by atoms with Crippen LogP contribution in [-0.4, -0.2) is 29.4 Å². The minimum absolute atomic E-state index is 0.112. The molecule has 1 aromatic rings. The maximum atomic E-state index is 11.4. The van der Waals surface area contributed by atoms with Crippen LogP contribution in [0.1, 0.15) is 54.4 Å². The lowest BCUT2D eigenvalue weighted by Crippen LogP contribution is -2.13. The SMILES string of the molecule is COc1cc2c(cn1)C(=O)CCC2.O=C1CCCC(=O)C1. The quantitative estimate of drug-likeness (QED) is 0.742. The fraction of sp³-hybridized carbons (Fsp3) is 0.500. The van der Waals surface area contributed by atoms with Gasteiger partial charge in [-0.3, -0.25) is 14.4 Å². The van der Waals surface area contributed by atoms with Crippen molar-refractivity contribution in [3.8, 4) is 5.88 Å². The summed E-state index contributed by atoms with van der Waals surface area (Å²) in [5, 5.41) is 0. The third kappa shape index (κ3) is 4.21. The van der Waals surface area contributed by atoms with E-state index in [1.165, 1.54) is 0 Å². The van der Waals surface area contributed by atoms with Gasteiger partial charge in [-0.15, -0.1) is 0 Å². The monoisotopic (exact) mass is 289 g/mol. The fourth-order valence-corrected chi connectivity index (χ4v) is 2.50. The van der Waals surface area contributed by atoms with E-state index in [1.807, 2.05) is 6.07 Å². The normalized spacial score (nSPS) is 17.7. The van der Waals surface area contributed by atoms with Crippen LogP contribution in [0.4, 0.5) is 0 Å². The van der Waals surface area contributed by atoms with Gasteiger partial charge in [-0.2, -0.15) is 0 Å². The number of pyridine rings is 1. The Balaban J connectivity index is 0.000000173. The van der Waals surface area contributed by atoms with E-state index in [4.69, 9.17) is 4.74 Å². The van der Waals surface area contributed by atoms with Gasteiger partial charge in [0, 0.05) is 37.1 Å². The van der Waals surface area contributed by atoms with Crippen molar-refractivity contribution in [1.29, 1.82) is 0 Å². The van der Waals surface area contributed by atoms with Crippen molar-refractivity contribution in [3.05, 3.63) is 23.4 Å². The number of aromatic nitrogens is 1. The van der Waals surface area contributed by atoms with E-state index >= 15 is 0 Å². The Morgan fingerprint density at radius 3 is 2.24 bits per heavy atom. The van der Waals surface area contributed by atoms with Crippen molar-refractivity contribution >= 4 is 17.3 Å². The van der Waals surface area contributed by atoms with Crippen LogP contribution in [0.3, 0.4) is 0 Å². The lowest BCUT2D eigenvalue weighted by Gasteiger charge is -2.14. The fourth-order valence-electron chi connectivity index (χ4n) is 2.50. The molecule has 112 valence electrons. The molecule has 0 spiro atoms. The highest BCUT2D eigenvalue weighted by atomic mass is 16.5. The maximum Gasteiger partial charge on any atom is 0.213 e. The van der Waals surface area contributed by atoms with Crippen LogP contribution >= 0.6 is 0 Å². The number of carbonyl (C=O) groups excluding carboxylic acids is 3. The Kier molecular flexibility index (Phi) is 5.20. The van der Waals surface area contributed by atoms with Crippen LogP contribution in [0, 0.1) is 0 Å². The summed E-state index contributed by atoms with van der Waals surface area (Å²) in [4.78, 5) is 36.3. The average molecular weight is 289 g/mol. The summed E-state index contributed by atoms with van der Waals surface area (Å²) in [6.45, 7) is 0. The van der Waals surface area contributed by atoms with Gasteiger partial charge in [0.1, 0.15) is 11.6 Å². The van der Waals surface area contributed by atoms with E-state index in [0.717, 1.165) is 30.4 Å². The van der Waals surface area contributed by atoms with Crippen molar-refractivity contribution in [1.82, 2.24) is 4.98 Å². The second kappa shape index (κ2) is 7.11. The summed E-state index contributed by atoms with van der Waals surface area (Å²) in [5.74, 6) is 1.02. The summed E-state index contributed by atoms with van der Waals surface area (Å²) in [6, 6.07) is 1.85. The third-order valence-corrected chi connectivity index (χ3v) is 3.63. The molecule has 0 unspecified atom stereocenters. The van der Waals surface area contributed by atoms with Crippen molar-refractivity contribution in [3.63, 3.8) is 0 Å². The molecule has 3 rings (SSSR count). The zero-order valence-electron chi connectivity index (χ0n) is 12.2. The van der Waals surface area contributed by atoms with E-state index in [0.29, 0.717) is 25.1 Å². The molecule has 0 saturated heterocycles. The average Bonchev–Trinajstić information content (AvgIpc) is 2.47. The van der Waals surface area contributed by atoms with E-state index < -0.39 is 0 Å². The molecule has 1 heterocycles. The zero-order chi connectivity index (χ0) is 15.2. The Labute approximate surface area is 123 Å². The molecule has 2 aliphatic rings. The predicted molar refractivity (Wildman–Crippen MR) is 76.5 cm³/mol. The van der Waals surface area contributed by atoms with Gasteiger partial charge in [0.25, 0.3) is 0 Å². The first kappa shape index (κ1) is 15.4. The number of rotatable bonds is 1. The minimum atomic E-state index is 0.112. The molecule has 5 nitrogen and oxygen atoms in total. The molecule has 0 bridgehead atoms. The lowest BCUT2D eigenvalue weighted by molar-refractivity contribution is -0.129. The van der Waals surface area contributed by atoms with Crippen LogP contribution in [0.2, 0.25) is 0 Å². The second-order valence-electron chi connectivity index (χ2n) is 5.27. The maximum absolute atomic E-state index is 11.4. The number of carbonyl (C=O) groups is 3. The number of methoxy groups -OCH3 is 1. The molecule has 2 aliphatic carbocycles. The molecule has 1 aromatic heterocycles. The molecular weight excluding hydrogens is 270 g/mol. The number of fused-ring (bicyclic) bond motifs is 1. The Morgan fingerprint density at radius 2 is 1.67 bits per heavy atom. The van der Waals surface area contributed by atoms with Gasteiger partial charge in [-0.05, 0) is 24.8 Å². The molecule has 0 atom stereocenters. The molecule has 0 aromatic carbocycles. The van der Waals surface area contributed by atoms with E-state index in [9.17, 15) is 14.4 Å². The second-order valence-corrected chi connectivity index (χ2v) is 5.27. The summed E-state index contributed by atoms with van der Waals surface area (Å²) >= 11 is 0. The minimum Gasteiger partial charge on any atom is -0.481 e. The van der Waals surface area contributed by atoms with E-state index in [1.54, 1.807) is 13.3 Å². The van der Waals surface area contributed by atoms with Crippen molar-refractivity contribution < 1.29 is 19.1 Å². The predicted octanol–water partition coefficient (Wildman–Crippen LogP) is 2.31. The number of aryl methyl sites for hydroxylation is 1. The molecule has 0 amide bonds. The number of nitrogens with zero attached hydrogens (tertiary/aromatic N) is 1. The first-order chi connectivity index (χ1) is 10.1. The molecular formula is C16H19NO4. The third-order valence-electron chi connectivity index (χ3n) is 3.63. The number of hydrogen-bond acceptors (Lipinski definition) is 5. The van der Waals surface area contributed by atoms with Crippen LogP contribution in [0.25, 0.3) is 0 Å². The smallest absolute Gasteiger partial charge is 0.213 e. The highest BCUT2D eigenvalue weighted by molar-refractivity contribution is 6.01. The molecule has 0 aliphatic heterocycles. The Morgan fingerprint density at radius 1 is 1.00 bits per heavy atom. The van der Waals surface area contributed by atoms with Crippen LogP contribution < -0.4 is 4.74 Å². The van der Waals surface area contributed by atoms with Gasteiger partial charge in [0.15, 0.2) is 5.78 Å². The van der Waals surface area contributed by atoms with Gasteiger partial charge >= 0.3 is 0 Å². The van der Waals surface area contributed by atoms with Gasteiger partial charge in [0.05, 0.1) is 13.5 Å². The number of ketones is 3. The van der Waals surface area contributed by atoms with Gasteiger partial charge in [0.2, 0.25) is 5.88 Å². The molecule has 0 N–H and O–H groups in total. The number of ether oxygens (including phenoxy) is 1. The highest BCUT2D eigenvalue weighted by Crippen LogP contribution is 2.23. The van der Waals surface area contributed by atoms with Gasteiger partial charge < -0.3 is 4.74 Å². The highest BCUT2D eigenvalue weighted by Gasteiger charge is 2.17. The first-order valence-corrected chi connectivity index (χ1v) is 7.19. The van der Waals surface area contributed by atoms with Gasteiger partial charge in [-0.1, -0.05) is 0 Å². The van der Waals surface area contributed by atoms with Crippen molar-refractivity contribution in [2.45, 2.75) is 44.9 Å². The van der Waals surface area contributed by atoms with Crippen molar-refractivity contribution in [2.75, 3.05) is 7.11 Å².